The molecule has 1 aromatic heterocycles. The van der Waals surface area contributed by atoms with Gasteiger partial charge in [-0.15, -0.1) is 17.9 Å². The molecule has 3 atom stereocenters. The van der Waals surface area contributed by atoms with Crippen molar-refractivity contribution < 1.29 is 15.3 Å². The molecule has 0 aliphatic heterocycles. The second-order valence-electron chi connectivity index (χ2n) is 6.24. The van der Waals surface area contributed by atoms with E-state index in [1.165, 1.54) is 11.3 Å². The monoisotopic (exact) mass is 436 g/mol. The molecular weight excluding hydrogens is 412 g/mol. The lowest BCUT2D eigenvalue weighted by Gasteiger charge is -2.24. The number of phenolic OH excluding ortho intramolecular Hbond substituents is 1. The predicted octanol–water partition coefficient (Wildman–Crippen LogP) is 5.69. The van der Waals surface area contributed by atoms with Crippen molar-refractivity contribution in [1.29, 1.82) is 0 Å². The van der Waals surface area contributed by atoms with Crippen molar-refractivity contribution in [1.82, 2.24) is 0 Å². The molecule has 0 unspecified atom stereocenters. The highest BCUT2D eigenvalue weighted by molar-refractivity contribution is 9.10. The molecule has 3 N–H and O–H groups in total. The number of hydrogen-bond acceptors (Lipinski definition) is 4. The molecule has 26 heavy (non-hydrogen) atoms. The van der Waals surface area contributed by atoms with Gasteiger partial charge in [0.2, 0.25) is 0 Å². The summed E-state index contributed by atoms with van der Waals surface area (Å²) in [4.78, 5) is 0.833. The van der Waals surface area contributed by atoms with E-state index < -0.39 is 18.1 Å². The summed E-state index contributed by atoms with van der Waals surface area (Å²) in [5, 5.41) is 33.0. The zero-order valence-electron chi connectivity index (χ0n) is 14.8. The van der Waals surface area contributed by atoms with Gasteiger partial charge in [-0.2, -0.15) is 0 Å². The van der Waals surface area contributed by atoms with Crippen LogP contribution in [0.2, 0.25) is 0 Å². The number of hydrogen-bond donors (Lipinski definition) is 3. The van der Waals surface area contributed by atoms with Gasteiger partial charge in [0.1, 0.15) is 5.75 Å². The van der Waals surface area contributed by atoms with Crippen LogP contribution < -0.4 is 0 Å². The number of benzene rings is 1. The molecule has 0 fully saturated rings. The van der Waals surface area contributed by atoms with E-state index in [0.29, 0.717) is 12.8 Å². The number of phenols is 1. The van der Waals surface area contributed by atoms with E-state index in [9.17, 15) is 15.3 Å². The van der Waals surface area contributed by atoms with Gasteiger partial charge in [0, 0.05) is 20.8 Å². The van der Waals surface area contributed by atoms with Gasteiger partial charge in [-0.1, -0.05) is 46.6 Å². The fourth-order valence-electron chi connectivity index (χ4n) is 2.88. The molecule has 0 aliphatic carbocycles. The van der Waals surface area contributed by atoms with Crippen LogP contribution in [0, 0.1) is 5.92 Å². The van der Waals surface area contributed by atoms with Gasteiger partial charge < -0.3 is 15.3 Å². The van der Waals surface area contributed by atoms with Gasteiger partial charge in [-0.3, -0.25) is 0 Å². The largest absolute Gasteiger partial charge is 0.507 e. The molecule has 0 aliphatic rings. The number of rotatable bonds is 9. The highest BCUT2D eigenvalue weighted by Gasteiger charge is 2.26. The highest BCUT2D eigenvalue weighted by atomic mass is 79.9. The average Bonchev–Trinajstić information content (AvgIpc) is 3.16. The Morgan fingerprint density at radius 1 is 1.31 bits per heavy atom. The van der Waals surface area contributed by atoms with Crippen LogP contribution in [-0.4, -0.2) is 21.4 Å². The third kappa shape index (κ3) is 5.55. The predicted molar refractivity (Wildman–Crippen MR) is 112 cm³/mol. The number of halogens is 1. The second kappa shape index (κ2) is 10.1. The molecule has 0 radical (unpaired) electrons. The van der Waals surface area contributed by atoms with Gasteiger partial charge in [-0.05, 0) is 48.9 Å². The smallest absolute Gasteiger partial charge is 0.122 e. The molecule has 1 aromatic carbocycles. The van der Waals surface area contributed by atoms with Gasteiger partial charge >= 0.3 is 0 Å². The fraction of sp³-hybridized carbons (Fsp3) is 0.333. The van der Waals surface area contributed by atoms with Crippen molar-refractivity contribution in [2.24, 2.45) is 5.92 Å². The van der Waals surface area contributed by atoms with Crippen LogP contribution in [0.25, 0.3) is 6.08 Å². The third-order valence-electron chi connectivity index (χ3n) is 4.48. The minimum Gasteiger partial charge on any atom is -0.507 e. The Bertz CT molecular complexity index is 740. The molecule has 3 nitrogen and oxygen atoms in total. The summed E-state index contributed by atoms with van der Waals surface area (Å²) < 4.78 is 0.905. The number of allylic oxidation sites excluding steroid dienone is 1. The minimum absolute atomic E-state index is 0.233. The van der Waals surface area contributed by atoms with Crippen molar-refractivity contribution in [3.05, 3.63) is 68.9 Å². The van der Waals surface area contributed by atoms with Crippen LogP contribution in [-0.2, 0) is 0 Å². The molecule has 2 aromatic rings. The average molecular weight is 437 g/mol. The van der Waals surface area contributed by atoms with Crippen LogP contribution >= 0.6 is 27.3 Å². The topological polar surface area (TPSA) is 60.7 Å². The standard InChI is InChI=1S/C21H25BrO3S/c1-3-14(12-15-13-16(22)8-10-18(15)23)7-9-19(24)17(4-2)21(25)20-6-5-11-26-20/h4-6,8,10-13,17,19,21,23-25H,2-3,7,9H2,1H3/b14-12+/t17-,19-,21+/m1/s1. The SMILES string of the molecule is C=C[C@H]([C@H](O)CC/C(=C/c1cc(Br)ccc1O)CC)[C@H](O)c1cccs1. The van der Waals surface area contributed by atoms with E-state index in [-0.39, 0.29) is 5.75 Å². The minimum atomic E-state index is -0.745. The first-order valence-corrected chi connectivity index (χ1v) is 10.3. The lowest BCUT2D eigenvalue weighted by atomic mass is 9.90. The molecule has 0 saturated heterocycles. The maximum atomic E-state index is 10.6. The molecular formula is C21H25BrO3S. The van der Waals surface area contributed by atoms with Crippen LogP contribution in [0.4, 0.5) is 0 Å². The Morgan fingerprint density at radius 2 is 2.08 bits per heavy atom. The second-order valence-corrected chi connectivity index (χ2v) is 8.13. The van der Waals surface area contributed by atoms with E-state index >= 15 is 0 Å². The van der Waals surface area contributed by atoms with E-state index in [1.54, 1.807) is 18.2 Å². The summed E-state index contributed by atoms with van der Waals surface area (Å²) in [7, 11) is 0. The van der Waals surface area contributed by atoms with E-state index in [4.69, 9.17) is 0 Å². The van der Waals surface area contributed by atoms with Gasteiger partial charge in [-0.25, -0.2) is 0 Å². The summed E-state index contributed by atoms with van der Waals surface area (Å²) in [5.41, 5.74) is 1.88. The van der Waals surface area contributed by atoms with Crippen LogP contribution in [0.3, 0.4) is 0 Å². The normalized spacial score (nSPS) is 15.5. The molecule has 0 amide bonds. The Hall–Kier alpha value is -1.40. The Morgan fingerprint density at radius 3 is 2.69 bits per heavy atom. The maximum absolute atomic E-state index is 10.6. The molecule has 0 spiro atoms. The molecule has 2 rings (SSSR count). The van der Waals surface area contributed by atoms with Crippen molar-refractivity contribution in [3.63, 3.8) is 0 Å². The molecule has 1 heterocycles. The van der Waals surface area contributed by atoms with E-state index in [1.807, 2.05) is 29.7 Å². The lowest BCUT2D eigenvalue weighted by molar-refractivity contribution is 0.0336. The molecule has 0 bridgehead atoms. The quantitative estimate of drug-likeness (QED) is 0.442. The van der Waals surface area contributed by atoms with Crippen LogP contribution in [0.15, 0.2) is 58.4 Å². The number of aliphatic hydroxyl groups is 2. The molecule has 140 valence electrons. The molecule has 0 saturated carbocycles. The fourth-order valence-corrected chi connectivity index (χ4v) is 4.03. The third-order valence-corrected chi connectivity index (χ3v) is 5.92. The Balaban J connectivity index is 2.05. The maximum Gasteiger partial charge on any atom is 0.122 e. The Kier molecular flexibility index (Phi) is 8.10. The first-order chi connectivity index (χ1) is 12.5. The zero-order valence-corrected chi connectivity index (χ0v) is 17.2. The van der Waals surface area contributed by atoms with Crippen molar-refractivity contribution in [3.8, 4) is 5.75 Å². The van der Waals surface area contributed by atoms with Crippen molar-refractivity contribution >= 4 is 33.3 Å². The van der Waals surface area contributed by atoms with Gasteiger partial charge in [0.25, 0.3) is 0 Å². The number of thiophene rings is 1. The zero-order chi connectivity index (χ0) is 19.1. The summed E-state index contributed by atoms with van der Waals surface area (Å²) in [6.07, 6.45) is 4.20. The lowest BCUT2D eigenvalue weighted by Crippen LogP contribution is -2.24. The summed E-state index contributed by atoms with van der Waals surface area (Å²) in [5.74, 6) is -0.178. The van der Waals surface area contributed by atoms with E-state index in [2.05, 4.69) is 29.4 Å². The summed E-state index contributed by atoms with van der Waals surface area (Å²) >= 11 is 4.89. The van der Waals surface area contributed by atoms with Gasteiger partial charge in [0.15, 0.2) is 0 Å². The first-order valence-electron chi connectivity index (χ1n) is 8.66. The first kappa shape index (κ1) is 20.9. The van der Waals surface area contributed by atoms with Crippen molar-refractivity contribution in [2.45, 2.75) is 38.4 Å². The summed E-state index contributed by atoms with van der Waals surface area (Å²) in [6, 6.07) is 9.07. The number of aliphatic hydroxyl groups excluding tert-OH is 2. The number of aromatic hydroxyl groups is 1. The van der Waals surface area contributed by atoms with E-state index in [0.717, 1.165) is 26.9 Å². The van der Waals surface area contributed by atoms with Crippen molar-refractivity contribution in [2.75, 3.05) is 0 Å². The Labute approximate surface area is 167 Å². The summed E-state index contributed by atoms with van der Waals surface area (Å²) in [6.45, 7) is 5.84. The highest BCUT2D eigenvalue weighted by Crippen LogP contribution is 2.32. The van der Waals surface area contributed by atoms with Crippen LogP contribution in [0.5, 0.6) is 5.75 Å². The van der Waals surface area contributed by atoms with Crippen LogP contribution in [0.1, 0.15) is 42.7 Å². The van der Waals surface area contributed by atoms with Gasteiger partial charge in [0.05, 0.1) is 12.2 Å². The molecule has 5 heteroatoms.